The highest BCUT2D eigenvalue weighted by atomic mass is 35.5. The summed E-state index contributed by atoms with van der Waals surface area (Å²) in [5.41, 5.74) is 1.86. The van der Waals surface area contributed by atoms with Crippen molar-refractivity contribution in [3.8, 4) is 11.5 Å². The molecule has 2 aromatic carbocycles. The predicted octanol–water partition coefficient (Wildman–Crippen LogP) is 3.93. The lowest BCUT2D eigenvalue weighted by Crippen LogP contribution is -2.30. The molecule has 2 aromatic rings. The van der Waals surface area contributed by atoms with E-state index in [-0.39, 0.29) is 0 Å². The molecule has 0 saturated heterocycles. The van der Waals surface area contributed by atoms with Gasteiger partial charge in [0.15, 0.2) is 17.5 Å². The Hall–Kier alpha value is -2.40. The summed E-state index contributed by atoms with van der Waals surface area (Å²) in [4.78, 5) is 4.23. The first-order chi connectivity index (χ1) is 11.7. The van der Waals surface area contributed by atoms with E-state index in [4.69, 9.17) is 21.1 Å². The van der Waals surface area contributed by atoms with Crippen LogP contribution in [-0.2, 0) is 6.54 Å². The number of halogens is 1. The lowest BCUT2D eigenvalue weighted by Gasteiger charge is -2.15. The second-order valence-electron chi connectivity index (χ2n) is 4.94. The van der Waals surface area contributed by atoms with E-state index in [1.54, 1.807) is 14.2 Å². The number of nitrogens with one attached hydrogen (secondary N) is 2. The fourth-order valence-electron chi connectivity index (χ4n) is 2.16. The Bertz CT molecular complexity index is 704. The molecule has 0 spiro atoms. The van der Waals surface area contributed by atoms with Crippen LogP contribution in [0.1, 0.15) is 12.5 Å². The number of benzene rings is 2. The predicted molar refractivity (Wildman–Crippen MR) is 99.4 cm³/mol. The van der Waals surface area contributed by atoms with Gasteiger partial charge in [-0.05, 0) is 30.7 Å². The largest absolute Gasteiger partial charge is 0.493 e. The van der Waals surface area contributed by atoms with Crippen molar-refractivity contribution in [3.05, 3.63) is 53.1 Å². The lowest BCUT2D eigenvalue weighted by atomic mass is 10.2. The summed E-state index contributed by atoms with van der Waals surface area (Å²) in [6.07, 6.45) is 0. The molecule has 0 aliphatic heterocycles. The Kier molecular flexibility index (Phi) is 6.75. The number of hydrogen-bond donors (Lipinski definition) is 2. The van der Waals surface area contributed by atoms with Crippen molar-refractivity contribution in [3.63, 3.8) is 0 Å². The molecule has 5 nitrogen and oxygen atoms in total. The maximum absolute atomic E-state index is 6.17. The van der Waals surface area contributed by atoms with Crippen LogP contribution in [0.25, 0.3) is 0 Å². The lowest BCUT2D eigenvalue weighted by molar-refractivity contribution is 0.311. The van der Waals surface area contributed by atoms with Crippen LogP contribution in [0.3, 0.4) is 0 Å². The summed E-state index contributed by atoms with van der Waals surface area (Å²) in [5.74, 6) is 2.02. The Morgan fingerprint density at radius 1 is 1.17 bits per heavy atom. The van der Waals surface area contributed by atoms with Gasteiger partial charge in [0.2, 0.25) is 0 Å². The van der Waals surface area contributed by atoms with Crippen molar-refractivity contribution in [2.45, 2.75) is 13.5 Å². The zero-order valence-corrected chi connectivity index (χ0v) is 14.9. The van der Waals surface area contributed by atoms with Gasteiger partial charge >= 0.3 is 0 Å². The molecule has 0 bridgehead atoms. The van der Waals surface area contributed by atoms with Crippen molar-refractivity contribution in [1.82, 2.24) is 5.32 Å². The van der Waals surface area contributed by atoms with E-state index in [0.29, 0.717) is 30.6 Å². The molecular formula is C18H22ClN3O2. The van der Waals surface area contributed by atoms with E-state index in [1.807, 2.05) is 49.4 Å². The molecule has 0 heterocycles. The number of guanidine groups is 1. The summed E-state index contributed by atoms with van der Waals surface area (Å²) >= 11 is 6.17. The number of rotatable bonds is 6. The number of hydrogen-bond acceptors (Lipinski definition) is 3. The Balaban J connectivity index is 2.05. The minimum Gasteiger partial charge on any atom is -0.493 e. The molecule has 0 amide bonds. The van der Waals surface area contributed by atoms with Crippen LogP contribution in [0.4, 0.5) is 5.69 Å². The fraction of sp³-hybridized carbons (Fsp3) is 0.278. The van der Waals surface area contributed by atoms with E-state index in [2.05, 4.69) is 15.6 Å². The van der Waals surface area contributed by atoms with Crippen molar-refractivity contribution in [2.24, 2.45) is 4.99 Å². The van der Waals surface area contributed by atoms with Gasteiger partial charge in [0, 0.05) is 30.4 Å². The molecule has 0 atom stereocenters. The third-order valence-electron chi connectivity index (χ3n) is 3.35. The molecule has 0 aliphatic rings. The molecule has 6 heteroatoms. The second-order valence-corrected chi connectivity index (χ2v) is 5.35. The zero-order valence-electron chi connectivity index (χ0n) is 14.1. The first-order valence-electron chi connectivity index (χ1n) is 7.69. The number of nitrogens with zero attached hydrogens (tertiary/aromatic N) is 1. The monoisotopic (exact) mass is 347 g/mol. The van der Waals surface area contributed by atoms with Gasteiger partial charge in [-0.3, -0.25) is 4.99 Å². The molecular weight excluding hydrogens is 326 g/mol. The third kappa shape index (κ3) is 4.80. The van der Waals surface area contributed by atoms with E-state index in [9.17, 15) is 0 Å². The maximum atomic E-state index is 6.17. The van der Waals surface area contributed by atoms with Gasteiger partial charge in [0.25, 0.3) is 0 Å². The smallest absolute Gasteiger partial charge is 0.195 e. The summed E-state index contributed by atoms with van der Waals surface area (Å²) in [6, 6.07) is 13.3. The molecule has 0 fully saturated rings. The van der Waals surface area contributed by atoms with Gasteiger partial charge in [-0.2, -0.15) is 0 Å². The maximum Gasteiger partial charge on any atom is 0.195 e. The molecule has 2 rings (SSSR count). The minimum atomic E-state index is 0.569. The average Bonchev–Trinajstić information content (AvgIpc) is 2.60. The van der Waals surface area contributed by atoms with Crippen LogP contribution in [0.2, 0.25) is 5.02 Å². The van der Waals surface area contributed by atoms with Crippen LogP contribution >= 0.6 is 11.6 Å². The number of aliphatic imine (C=N–C) groups is 1. The van der Waals surface area contributed by atoms with E-state index in [1.165, 1.54) is 0 Å². The van der Waals surface area contributed by atoms with Gasteiger partial charge in [0.1, 0.15) is 0 Å². The molecule has 0 aliphatic carbocycles. The van der Waals surface area contributed by atoms with E-state index < -0.39 is 0 Å². The van der Waals surface area contributed by atoms with Gasteiger partial charge in [-0.15, -0.1) is 0 Å². The molecule has 0 saturated carbocycles. The van der Waals surface area contributed by atoms with Crippen molar-refractivity contribution in [1.29, 1.82) is 0 Å². The number of anilines is 1. The van der Waals surface area contributed by atoms with Crippen molar-refractivity contribution < 1.29 is 9.47 Å². The highest BCUT2D eigenvalue weighted by Crippen LogP contribution is 2.30. The Morgan fingerprint density at radius 2 is 1.96 bits per heavy atom. The fourth-order valence-corrected chi connectivity index (χ4v) is 2.36. The number of methoxy groups -OCH3 is 1. The Labute approximate surface area is 147 Å². The summed E-state index contributed by atoms with van der Waals surface area (Å²) in [6.45, 7) is 3.08. The zero-order chi connectivity index (χ0) is 17.4. The summed E-state index contributed by atoms with van der Waals surface area (Å²) in [5, 5.41) is 7.19. The van der Waals surface area contributed by atoms with E-state index >= 15 is 0 Å². The van der Waals surface area contributed by atoms with E-state index in [0.717, 1.165) is 16.3 Å². The van der Waals surface area contributed by atoms with Gasteiger partial charge in [-0.1, -0.05) is 29.8 Å². The second kappa shape index (κ2) is 9.03. The van der Waals surface area contributed by atoms with Crippen LogP contribution in [0.15, 0.2) is 47.5 Å². The van der Waals surface area contributed by atoms with Crippen LogP contribution < -0.4 is 20.1 Å². The van der Waals surface area contributed by atoms with Crippen LogP contribution in [0, 0.1) is 0 Å². The van der Waals surface area contributed by atoms with Gasteiger partial charge < -0.3 is 20.1 Å². The molecule has 0 radical (unpaired) electrons. The van der Waals surface area contributed by atoms with Crippen molar-refractivity contribution in [2.75, 3.05) is 26.1 Å². The van der Waals surface area contributed by atoms with Crippen LogP contribution in [0.5, 0.6) is 11.5 Å². The average molecular weight is 348 g/mol. The van der Waals surface area contributed by atoms with Crippen LogP contribution in [-0.4, -0.2) is 26.7 Å². The molecule has 128 valence electrons. The standard InChI is InChI=1S/C18H22ClN3O2/c1-4-24-17-11-14(9-10-16(17)23-3)22-18(20-2)21-12-13-7-5-6-8-15(13)19/h5-11H,4,12H2,1-3H3,(H2,20,21,22). The minimum absolute atomic E-state index is 0.569. The topological polar surface area (TPSA) is 54.9 Å². The first kappa shape index (κ1) is 17.9. The number of ether oxygens (including phenoxy) is 2. The highest BCUT2D eigenvalue weighted by molar-refractivity contribution is 6.31. The van der Waals surface area contributed by atoms with Crippen molar-refractivity contribution >= 4 is 23.2 Å². The molecule has 0 aromatic heterocycles. The quantitative estimate of drug-likeness (QED) is 0.614. The molecule has 2 N–H and O–H groups in total. The first-order valence-corrected chi connectivity index (χ1v) is 8.07. The normalized spacial score (nSPS) is 11.1. The third-order valence-corrected chi connectivity index (χ3v) is 3.72. The molecule has 24 heavy (non-hydrogen) atoms. The van der Waals surface area contributed by atoms with Gasteiger partial charge in [0.05, 0.1) is 13.7 Å². The van der Waals surface area contributed by atoms with Gasteiger partial charge in [-0.25, -0.2) is 0 Å². The highest BCUT2D eigenvalue weighted by Gasteiger charge is 2.07. The Morgan fingerprint density at radius 3 is 2.62 bits per heavy atom. The molecule has 0 unspecified atom stereocenters. The summed E-state index contributed by atoms with van der Waals surface area (Å²) < 4.78 is 10.9. The summed E-state index contributed by atoms with van der Waals surface area (Å²) in [7, 11) is 3.34. The SMILES string of the molecule is CCOc1cc(NC(=NC)NCc2ccccc2Cl)ccc1OC.